The lowest BCUT2D eigenvalue weighted by Gasteiger charge is -2.16. The Balaban J connectivity index is 4.24. The van der Waals surface area contributed by atoms with Crippen molar-refractivity contribution in [1.82, 2.24) is 5.06 Å². The third-order valence-electron chi connectivity index (χ3n) is 1.06. The molecule has 1 amide bonds. The van der Waals surface area contributed by atoms with Gasteiger partial charge in [-0.15, -0.1) is 6.58 Å². The monoisotopic (exact) mass is 185 g/mol. The summed E-state index contributed by atoms with van der Waals surface area (Å²) in [5.74, 6) is -1.47. The molecule has 0 aromatic rings. The second-order valence-corrected chi connectivity index (χ2v) is 2.01. The zero-order chi connectivity index (χ0) is 10.3. The highest BCUT2D eigenvalue weighted by molar-refractivity contribution is 5.87. The molecule has 0 fully saturated rings. The number of nitrogens with zero attached hydrogens (tertiary/aromatic N) is 1. The van der Waals surface area contributed by atoms with Crippen LogP contribution in [0.5, 0.6) is 0 Å². The van der Waals surface area contributed by atoms with Crippen LogP contribution in [0.1, 0.15) is 0 Å². The van der Waals surface area contributed by atoms with Crippen molar-refractivity contribution in [3.63, 3.8) is 0 Å². The Kier molecular flexibility index (Phi) is 5.22. The zero-order valence-electron chi connectivity index (χ0n) is 7.10. The zero-order valence-corrected chi connectivity index (χ0v) is 7.10. The van der Waals surface area contributed by atoms with E-state index in [-0.39, 0.29) is 6.54 Å². The molecule has 0 saturated carbocycles. The summed E-state index contributed by atoms with van der Waals surface area (Å²) in [5, 5.41) is 9.09. The van der Waals surface area contributed by atoms with Crippen LogP contribution in [-0.2, 0) is 14.4 Å². The van der Waals surface area contributed by atoms with Crippen LogP contribution in [0.2, 0.25) is 0 Å². The van der Waals surface area contributed by atoms with E-state index in [1.807, 2.05) is 0 Å². The fourth-order valence-electron chi connectivity index (χ4n) is 0.543. The summed E-state index contributed by atoms with van der Waals surface area (Å²) in [5.41, 5.74) is 0. The largest absolute Gasteiger partial charge is 0.385 e. The van der Waals surface area contributed by atoms with E-state index < -0.39 is 18.5 Å². The van der Waals surface area contributed by atoms with E-state index in [2.05, 4.69) is 18.0 Å². The molecule has 5 heteroatoms. The van der Waals surface area contributed by atoms with Crippen molar-refractivity contribution in [2.45, 2.75) is 0 Å². The molecule has 0 radical (unpaired) electrons. The third-order valence-corrected chi connectivity index (χ3v) is 1.06. The van der Waals surface area contributed by atoms with Gasteiger partial charge in [0.1, 0.15) is 6.61 Å². The van der Waals surface area contributed by atoms with E-state index in [4.69, 9.17) is 5.11 Å². The lowest BCUT2D eigenvalue weighted by Crippen LogP contribution is -2.33. The number of aliphatic hydroxyl groups excluding tert-OH is 1. The summed E-state index contributed by atoms with van der Waals surface area (Å²) >= 11 is 0. The normalized spacial score (nSPS) is 8.69. The van der Waals surface area contributed by atoms with Crippen molar-refractivity contribution in [2.24, 2.45) is 0 Å². The van der Waals surface area contributed by atoms with Gasteiger partial charge in [0.15, 0.2) is 0 Å². The lowest BCUT2D eigenvalue weighted by molar-refractivity contribution is -0.195. The molecule has 1 N–H and O–H groups in total. The van der Waals surface area contributed by atoms with E-state index in [0.717, 1.165) is 11.1 Å². The molecule has 0 rings (SSSR count). The van der Waals surface area contributed by atoms with Crippen LogP contribution in [-0.4, -0.2) is 35.2 Å². The average molecular weight is 185 g/mol. The molecule has 0 aromatic heterocycles. The van der Waals surface area contributed by atoms with Crippen LogP contribution in [0.15, 0.2) is 25.3 Å². The Morgan fingerprint density at radius 1 is 1.46 bits per heavy atom. The fraction of sp³-hybridized carbons (Fsp3) is 0.250. The minimum Gasteiger partial charge on any atom is -0.385 e. The van der Waals surface area contributed by atoms with Crippen molar-refractivity contribution >= 4 is 11.9 Å². The van der Waals surface area contributed by atoms with Crippen molar-refractivity contribution in [2.75, 3.05) is 13.2 Å². The highest BCUT2D eigenvalue weighted by atomic mass is 16.7. The first kappa shape index (κ1) is 11.4. The molecule has 0 aliphatic heterocycles. The molecule has 0 saturated heterocycles. The van der Waals surface area contributed by atoms with Gasteiger partial charge < -0.3 is 9.94 Å². The van der Waals surface area contributed by atoms with Crippen molar-refractivity contribution in [1.29, 1.82) is 0 Å². The summed E-state index contributed by atoms with van der Waals surface area (Å²) < 4.78 is 0. The van der Waals surface area contributed by atoms with E-state index in [0.29, 0.717) is 0 Å². The topological polar surface area (TPSA) is 66.8 Å². The third kappa shape index (κ3) is 4.07. The van der Waals surface area contributed by atoms with Crippen LogP contribution < -0.4 is 0 Å². The van der Waals surface area contributed by atoms with E-state index in [9.17, 15) is 9.59 Å². The summed E-state index contributed by atoms with van der Waals surface area (Å²) in [4.78, 5) is 26.0. The number of hydrogen-bond acceptors (Lipinski definition) is 4. The lowest BCUT2D eigenvalue weighted by atomic mass is 10.5. The number of carbonyl (C=O) groups excluding carboxylic acids is 2. The molecule has 0 atom stereocenters. The van der Waals surface area contributed by atoms with E-state index in [1.165, 1.54) is 6.08 Å². The predicted octanol–water partition coefficient (Wildman–Crippen LogP) is -0.363. The van der Waals surface area contributed by atoms with Crippen LogP contribution >= 0.6 is 0 Å². The standard InChI is InChI=1S/C8H11NO4/c1-3-5-9(7(11)4-2)13-8(12)6-10/h3-4,10H,1-2,5-6H2. The van der Waals surface area contributed by atoms with Crippen LogP contribution in [0.3, 0.4) is 0 Å². The van der Waals surface area contributed by atoms with Crippen LogP contribution in [0.4, 0.5) is 0 Å². The van der Waals surface area contributed by atoms with E-state index >= 15 is 0 Å². The molecule has 0 heterocycles. The van der Waals surface area contributed by atoms with Crippen molar-refractivity contribution in [3.05, 3.63) is 25.3 Å². The van der Waals surface area contributed by atoms with Gasteiger partial charge in [-0.1, -0.05) is 12.7 Å². The van der Waals surface area contributed by atoms with Crippen molar-refractivity contribution < 1.29 is 19.5 Å². The second-order valence-electron chi connectivity index (χ2n) is 2.01. The van der Waals surface area contributed by atoms with Gasteiger partial charge in [-0.05, 0) is 6.08 Å². The Morgan fingerprint density at radius 2 is 2.08 bits per heavy atom. The van der Waals surface area contributed by atoms with Crippen LogP contribution in [0, 0.1) is 0 Å². The Morgan fingerprint density at radius 3 is 2.46 bits per heavy atom. The average Bonchev–Trinajstić information content (AvgIpc) is 2.15. The summed E-state index contributed by atoms with van der Waals surface area (Å²) in [6.07, 6.45) is 2.38. The fourth-order valence-corrected chi connectivity index (χ4v) is 0.543. The number of amides is 1. The minimum atomic E-state index is -0.906. The van der Waals surface area contributed by atoms with Gasteiger partial charge in [-0.2, -0.15) is 5.06 Å². The van der Waals surface area contributed by atoms with Gasteiger partial charge in [0.25, 0.3) is 5.91 Å². The first-order valence-corrected chi connectivity index (χ1v) is 3.52. The smallest absolute Gasteiger partial charge is 0.357 e. The maximum Gasteiger partial charge on any atom is 0.357 e. The summed E-state index contributed by atoms with van der Waals surface area (Å²) in [6, 6.07) is 0. The van der Waals surface area contributed by atoms with Gasteiger partial charge in [0.2, 0.25) is 0 Å². The maximum absolute atomic E-state index is 11.0. The number of rotatable bonds is 4. The predicted molar refractivity (Wildman–Crippen MR) is 45.3 cm³/mol. The molecule has 72 valence electrons. The highest BCUT2D eigenvalue weighted by Crippen LogP contribution is 1.93. The first-order chi connectivity index (χ1) is 6.15. The SMILES string of the molecule is C=CCN(OC(=O)CO)C(=O)C=C. The van der Waals surface area contributed by atoms with Gasteiger partial charge >= 0.3 is 5.97 Å². The Hall–Kier alpha value is -1.62. The molecule has 0 spiro atoms. The highest BCUT2D eigenvalue weighted by Gasteiger charge is 2.13. The molecule has 0 bridgehead atoms. The molecule has 0 unspecified atom stereocenters. The number of carbonyl (C=O) groups is 2. The maximum atomic E-state index is 11.0. The first-order valence-electron chi connectivity index (χ1n) is 3.52. The van der Waals surface area contributed by atoms with Gasteiger partial charge in [0.05, 0.1) is 6.54 Å². The number of hydroxylamine groups is 2. The van der Waals surface area contributed by atoms with Gasteiger partial charge in [-0.25, -0.2) is 4.79 Å². The Bertz CT molecular complexity index is 224. The molecule has 5 nitrogen and oxygen atoms in total. The molecule has 0 aromatic carbocycles. The Labute approximate surface area is 75.9 Å². The molecular weight excluding hydrogens is 174 g/mol. The van der Waals surface area contributed by atoms with E-state index in [1.54, 1.807) is 0 Å². The molecular formula is C8H11NO4. The summed E-state index contributed by atoms with van der Waals surface area (Å²) in [6.45, 7) is 5.86. The molecule has 0 aliphatic carbocycles. The van der Waals surface area contributed by atoms with Crippen molar-refractivity contribution in [3.8, 4) is 0 Å². The molecule has 0 aliphatic rings. The quantitative estimate of drug-likeness (QED) is 0.369. The van der Waals surface area contributed by atoms with Gasteiger partial charge in [-0.3, -0.25) is 4.79 Å². The molecule has 13 heavy (non-hydrogen) atoms. The number of hydrogen-bond donors (Lipinski definition) is 1. The minimum absolute atomic E-state index is 0.0522. The van der Waals surface area contributed by atoms with Crippen LogP contribution in [0.25, 0.3) is 0 Å². The number of aliphatic hydroxyl groups is 1. The van der Waals surface area contributed by atoms with Gasteiger partial charge in [0, 0.05) is 0 Å². The summed E-state index contributed by atoms with van der Waals surface area (Å²) in [7, 11) is 0. The second kappa shape index (κ2) is 5.96.